The lowest BCUT2D eigenvalue weighted by atomic mass is 10.0. The van der Waals surface area contributed by atoms with E-state index in [0.29, 0.717) is 11.6 Å². The number of carbonyl (C=O) groups is 1. The quantitative estimate of drug-likeness (QED) is 0.495. The molecule has 0 unspecified atom stereocenters. The Morgan fingerprint density at radius 3 is 2.67 bits per heavy atom. The predicted octanol–water partition coefficient (Wildman–Crippen LogP) is 5.76. The Morgan fingerprint density at radius 1 is 1.00 bits per heavy atom. The largest absolute Gasteiger partial charge is 0.302 e. The molecule has 4 heteroatoms. The van der Waals surface area contributed by atoms with Crippen LogP contribution < -0.4 is 5.32 Å². The highest BCUT2D eigenvalue weighted by atomic mass is 32.1. The fourth-order valence-electron chi connectivity index (χ4n) is 3.15. The zero-order chi connectivity index (χ0) is 18.8. The number of rotatable bonds is 4. The number of thiazole rings is 1. The number of nitrogens with one attached hydrogen (secondary N) is 1. The van der Waals surface area contributed by atoms with E-state index in [1.54, 1.807) is 0 Å². The molecular formula is C23H20N2OS. The van der Waals surface area contributed by atoms with Gasteiger partial charge in [0, 0.05) is 10.9 Å². The smallest absolute Gasteiger partial charge is 0.230 e. The average molecular weight is 372 g/mol. The number of amides is 1. The summed E-state index contributed by atoms with van der Waals surface area (Å²) in [5, 5.41) is 7.82. The second-order valence-electron chi connectivity index (χ2n) is 6.70. The first-order valence-electron chi connectivity index (χ1n) is 8.90. The highest BCUT2D eigenvalue weighted by Gasteiger charge is 2.11. The van der Waals surface area contributed by atoms with Crippen LogP contribution in [0.4, 0.5) is 5.13 Å². The summed E-state index contributed by atoms with van der Waals surface area (Å²) in [5.41, 5.74) is 5.49. The van der Waals surface area contributed by atoms with Gasteiger partial charge in [0.15, 0.2) is 5.13 Å². The van der Waals surface area contributed by atoms with E-state index in [4.69, 9.17) is 0 Å². The maximum atomic E-state index is 12.5. The monoisotopic (exact) mass is 372 g/mol. The van der Waals surface area contributed by atoms with Gasteiger partial charge in [-0.25, -0.2) is 4.98 Å². The summed E-state index contributed by atoms with van der Waals surface area (Å²) in [4.78, 5) is 17.1. The molecule has 4 aromatic rings. The Kier molecular flexibility index (Phi) is 4.73. The number of benzene rings is 3. The Labute approximate surface area is 162 Å². The number of carbonyl (C=O) groups excluding carboxylic acids is 1. The molecule has 0 fully saturated rings. The van der Waals surface area contributed by atoms with Gasteiger partial charge >= 0.3 is 0 Å². The van der Waals surface area contributed by atoms with Crippen LogP contribution in [0, 0.1) is 13.8 Å². The van der Waals surface area contributed by atoms with E-state index >= 15 is 0 Å². The number of aryl methyl sites for hydroxylation is 2. The Hall–Kier alpha value is -2.98. The molecule has 3 nitrogen and oxygen atoms in total. The summed E-state index contributed by atoms with van der Waals surface area (Å²) in [6, 6.07) is 20.5. The fraction of sp³-hybridized carbons (Fsp3) is 0.130. The maximum Gasteiger partial charge on any atom is 0.230 e. The van der Waals surface area contributed by atoms with E-state index < -0.39 is 0 Å². The summed E-state index contributed by atoms with van der Waals surface area (Å²) >= 11 is 1.45. The van der Waals surface area contributed by atoms with Crippen LogP contribution in [-0.4, -0.2) is 10.9 Å². The predicted molar refractivity (Wildman–Crippen MR) is 113 cm³/mol. The van der Waals surface area contributed by atoms with E-state index in [2.05, 4.69) is 60.5 Å². The molecule has 134 valence electrons. The summed E-state index contributed by atoms with van der Waals surface area (Å²) in [6.45, 7) is 4.19. The Balaban J connectivity index is 1.50. The molecule has 0 radical (unpaired) electrons. The first-order chi connectivity index (χ1) is 13.1. The van der Waals surface area contributed by atoms with E-state index in [1.165, 1.54) is 22.5 Å². The van der Waals surface area contributed by atoms with E-state index in [0.717, 1.165) is 27.6 Å². The molecule has 0 spiro atoms. The minimum absolute atomic E-state index is 0.0488. The highest BCUT2D eigenvalue weighted by Crippen LogP contribution is 2.27. The Morgan fingerprint density at radius 2 is 1.81 bits per heavy atom. The molecule has 0 atom stereocenters. The summed E-state index contributed by atoms with van der Waals surface area (Å²) in [7, 11) is 0. The van der Waals surface area contributed by atoms with Crippen molar-refractivity contribution in [2.75, 3.05) is 5.32 Å². The van der Waals surface area contributed by atoms with Crippen molar-refractivity contribution < 1.29 is 4.79 Å². The van der Waals surface area contributed by atoms with Gasteiger partial charge in [0.05, 0.1) is 12.1 Å². The van der Waals surface area contributed by atoms with E-state index in [-0.39, 0.29) is 5.91 Å². The third kappa shape index (κ3) is 3.76. The topological polar surface area (TPSA) is 42.0 Å². The van der Waals surface area contributed by atoms with Crippen molar-refractivity contribution in [2.45, 2.75) is 20.3 Å². The lowest BCUT2D eigenvalue weighted by Crippen LogP contribution is -2.14. The first kappa shape index (κ1) is 17.4. The molecule has 0 aliphatic rings. The molecule has 0 aliphatic heterocycles. The molecule has 3 aromatic carbocycles. The van der Waals surface area contributed by atoms with Crippen LogP contribution in [0.3, 0.4) is 0 Å². The number of nitrogens with zero attached hydrogens (tertiary/aromatic N) is 1. The third-order valence-electron chi connectivity index (χ3n) is 4.78. The fourth-order valence-corrected chi connectivity index (χ4v) is 3.88. The zero-order valence-corrected chi connectivity index (χ0v) is 16.1. The molecule has 0 saturated carbocycles. The molecular weight excluding hydrogens is 352 g/mol. The van der Waals surface area contributed by atoms with Crippen LogP contribution in [0.25, 0.3) is 22.0 Å². The second-order valence-corrected chi connectivity index (χ2v) is 7.56. The standard InChI is InChI=1S/C23H20N2OS/c1-15-10-11-19(12-16(15)2)21-14-27-23(24-21)25-22(26)13-18-8-5-7-17-6-3-4-9-20(17)18/h3-12,14H,13H2,1-2H3,(H,24,25,26). The highest BCUT2D eigenvalue weighted by molar-refractivity contribution is 7.14. The normalized spacial score (nSPS) is 10.9. The van der Waals surface area contributed by atoms with Crippen LogP contribution in [0.15, 0.2) is 66.0 Å². The molecule has 1 amide bonds. The van der Waals surface area contributed by atoms with E-state index in [1.807, 2.05) is 29.6 Å². The number of fused-ring (bicyclic) bond motifs is 1. The van der Waals surface area contributed by atoms with Crippen molar-refractivity contribution in [2.24, 2.45) is 0 Å². The summed E-state index contributed by atoms with van der Waals surface area (Å²) < 4.78 is 0. The second kappa shape index (κ2) is 7.33. The Bertz CT molecular complexity index is 1120. The molecule has 1 aromatic heterocycles. The van der Waals surface area contributed by atoms with Crippen molar-refractivity contribution in [1.29, 1.82) is 0 Å². The molecule has 0 aliphatic carbocycles. The minimum atomic E-state index is -0.0488. The van der Waals surface area contributed by atoms with Crippen LogP contribution >= 0.6 is 11.3 Å². The molecule has 4 rings (SSSR count). The van der Waals surface area contributed by atoms with Gasteiger partial charge < -0.3 is 5.32 Å². The van der Waals surface area contributed by atoms with Gasteiger partial charge in [-0.2, -0.15) is 0 Å². The van der Waals surface area contributed by atoms with Crippen molar-refractivity contribution in [3.05, 3.63) is 82.7 Å². The van der Waals surface area contributed by atoms with Gasteiger partial charge in [-0.05, 0) is 47.4 Å². The lowest BCUT2D eigenvalue weighted by molar-refractivity contribution is -0.115. The van der Waals surface area contributed by atoms with Crippen LogP contribution in [0.2, 0.25) is 0 Å². The van der Waals surface area contributed by atoms with Crippen LogP contribution in [-0.2, 0) is 11.2 Å². The molecule has 1 heterocycles. The van der Waals surface area contributed by atoms with Gasteiger partial charge in [0.25, 0.3) is 0 Å². The maximum absolute atomic E-state index is 12.5. The van der Waals surface area contributed by atoms with E-state index in [9.17, 15) is 4.79 Å². The van der Waals surface area contributed by atoms with Gasteiger partial charge in [-0.1, -0.05) is 54.6 Å². The average Bonchev–Trinajstić information content (AvgIpc) is 3.12. The number of hydrogen-bond donors (Lipinski definition) is 1. The first-order valence-corrected chi connectivity index (χ1v) is 9.78. The van der Waals surface area contributed by atoms with Crippen LogP contribution in [0.1, 0.15) is 16.7 Å². The summed E-state index contributed by atoms with van der Waals surface area (Å²) in [5.74, 6) is -0.0488. The van der Waals surface area contributed by atoms with Crippen molar-refractivity contribution in [3.8, 4) is 11.3 Å². The van der Waals surface area contributed by atoms with Crippen molar-refractivity contribution >= 4 is 33.1 Å². The summed E-state index contributed by atoms with van der Waals surface area (Å²) in [6.07, 6.45) is 0.333. The zero-order valence-electron chi connectivity index (χ0n) is 15.3. The van der Waals surface area contributed by atoms with Crippen molar-refractivity contribution in [3.63, 3.8) is 0 Å². The van der Waals surface area contributed by atoms with Gasteiger partial charge in [0.1, 0.15) is 0 Å². The number of hydrogen-bond acceptors (Lipinski definition) is 3. The number of aromatic nitrogens is 1. The van der Waals surface area contributed by atoms with Gasteiger partial charge in [-0.3, -0.25) is 4.79 Å². The minimum Gasteiger partial charge on any atom is -0.302 e. The number of anilines is 1. The molecule has 0 bridgehead atoms. The van der Waals surface area contributed by atoms with Gasteiger partial charge in [0.2, 0.25) is 5.91 Å². The molecule has 1 N–H and O–H groups in total. The van der Waals surface area contributed by atoms with Crippen molar-refractivity contribution in [1.82, 2.24) is 4.98 Å². The third-order valence-corrected chi connectivity index (χ3v) is 5.54. The lowest BCUT2D eigenvalue weighted by Gasteiger charge is -2.06. The van der Waals surface area contributed by atoms with Crippen LogP contribution in [0.5, 0.6) is 0 Å². The SMILES string of the molecule is Cc1ccc(-c2csc(NC(=O)Cc3cccc4ccccc34)n2)cc1C. The van der Waals surface area contributed by atoms with Gasteiger partial charge in [-0.15, -0.1) is 11.3 Å². The molecule has 27 heavy (non-hydrogen) atoms. The molecule has 0 saturated heterocycles.